The number of hydrogen-bond acceptors (Lipinski definition) is 5. The first kappa shape index (κ1) is 23.4. The number of nitrogens with zero attached hydrogens (tertiary/aromatic N) is 2. The van der Waals surface area contributed by atoms with Gasteiger partial charge in [0.25, 0.3) is 5.91 Å². The van der Waals surface area contributed by atoms with Crippen molar-refractivity contribution in [1.29, 1.82) is 0 Å². The summed E-state index contributed by atoms with van der Waals surface area (Å²) in [5.74, 6) is -0.465. The molecule has 0 aliphatic heterocycles. The number of alkyl halides is 3. The monoisotopic (exact) mass is 398 g/mol. The van der Waals surface area contributed by atoms with Crippen LogP contribution in [-0.4, -0.2) is 34.2 Å². The minimum atomic E-state index is -4.43. The van der Waals surface area contributed by atoms with E-state index in [9.17, 15) is 18.0 Å². The van der Waals surface area contributed by atoms with Gasteiger partial charge in [-0.2, -0.15) is 13.2 Å². The van der Waals surface area contributed by atoms with Crippen molar-refractivity contribution in [2.75, 3.05) is 6.61 Å². The van der Waals surface area contributed by atoms with Crippen LogP contribution in [0.4, 0.5) is 13.2 Å². The second kappa shape index (κ2) is 10.0. The van der Waals surface area contributed by atoms with Crippen LogP contribution in [0, 0.1) is 6.92 Å². The van der Waals surface area contributed by atoms with Gasteiger partial charge in [-0.1, -0.05) is 6.07 Å². The second-order valence-corrected chi connectivity index (χ2v) is 7.11. The number of aromatic nitrogens is 2. The standard InChI is InChI=1S/C15H14F3N3O2.C4H11N/c1-10-7-11(5-6-19-10)14(22)20-8-12-3-2-4-13(21-12)23-9-15(16,17)18;1-4(2,3)5/h2-7H,8-9H2,1H3,(H,20,22);5H2,1-3H3. The van der Waals surface area contributed by atoms with Crippen molar-refractivity contribution in [3.05, 3.63) is 53.5 Å². The molecule has 1 amide bonds. The Morgan fingerprint density at radius 1 is 1.21 bits per heavy atom. The van der Waals surface area contributed by atoms with E-state index < -0.39 is 12.8 Å². The average Bonchev–Trinajstić information content (AvgIpc) is 2.56. The summed E-state index contributed by atoms with van der Waals surface area (Å²) in [5, 5.41) is 2.64. The largest absolute Gasteiger partial charge is 0.468 e. The number of rotatable bonds is 5. The van der Waals surface area contributed by atoms with Gasteiger partial charge in [0, 0.05) is 29.1 Å². The number of carbonyl (C=O) groups excluding carboxylic acids is 1. The highest BCUT2D eigenvalue weighted by Gasteiger charge is 2.28. The Morgan fingerprint density at radius 3 is 2.43 bits per heavy atom. The Hall–Kier alpha value is -2.68. The lowest BCUT2D eigenvalue weighted by Crippen LogP contribution is -2.26. The zero-order valence-corrected chi connectivity index (χ0v) is 16.3. The molecule has 0 unspecified atom stereocenters. The third kappa shape index (κ3) is 11.1. The van der Waals surface area contributed by atoms with Crippen molar-refractivity contribution in [3.8, 4) is 5.88 Å². The summed E-state index contributed by atoms with van der Waals surface area (Å²) >= 11 is 0. The van der Waals surface area contributed by atoms with Gasteiger partial charge < -0.3 is 15.8 Å². The van der Waals surface area contributed by atoms with E-state index in [0.29, 0.717) is 17.0 Å². The van der Waals surface area contributed by atoms with Crippen LogP contribution in [0.3, 0.4) is 0 Å². The van der Waals surface area contributed by atoms with Crippen LogP contribution in [-0.2, 0) is 6.54 Å². The summed E-state index contributed by atoms with van der Waals surface area (Å²) in [4.78, 5) is 19.9. The highest BCUT2D eigenvalue weighted by Crippen LogP contribution is 2.17. The smallest absolute Gasteiger partial charge is 0.422 e. The van der Waals surface area contributed by atoms with Gasteiger partial charge in [-0.25, -0.2) is 4.98 Å². The Labute approximate surface area is 162 Å². The van der Waals surface area contributed by atoms with Gasteiger partial charge in [0.15, 0.2) is 6.61 Å². The Kier molecular flexibility index (Phi) is 8.36. The van der Waals surface area contributed by atoms with Crippen LogP contribution in [0.5, 0.6) is 5.88 Å². The number of ether oxygens (including phenoxy) is 1. The van der Waals surface area contributed by atoms with Gasteiger partial charge in [0.2, 0.25) is 5.88 Å². The van der Waals surface area contributed by atoms with Gasteiger partial charge in [-0.05, 0) is 45.9 Å². The fraction of sp³-hybridized carbons (Fsp3) is 0.421. The van der Waals surface area contributed by atoms with Crippen LogP contribution in [0.15, 0.2) is 36.5 Å². The summed E-state index contributed by atoms with van der Waals surface area (Å²) < 4.78 is 40.9. The molecule has 0 spiro atoms. The van der Waals surface area contributed by atoms with E-state index >= 15 is 0 Å². The molecule has 0 atom stereocenters. The first-order valence-corrected chi connectivity index (χ1v) is 8.49. The Morgan fingerprint density at radius 2 is 1.86 bits per heavy atom. The Balaban J connectivity index is 0.000000696. The number of carbonyl (C=O) groups is 1. The van der Waals surface area contributed by atoms with E-state index in [4.69, 9.17) is 5.73 Å². The van der Waals surface area contributed by atoms with Crippen LogP contribution < -0.4 is 15.8 Å². The van der Waals surface area contributed by atoms with Crippen molar-refractivity contribution in [3.63, 3.8) is 0 Å². The number of halogens is 3. The van der Waals surface area contributed by atoms with Crippen LogP contribution in [0.25, 0.3) is 0 Å². The van der Waals surface area contributed by atoms with E-state index in [1.165, 1.54) is 18.3 Å². The van der Waals surface area contributed by atoms with Crippen LogP contribution in [0.2, 0.25) is 0 Å². The summed E-state index contributed by atoms with van der Waals surface area (Å²) in [6, 6.07) is 7.61. The molecule has 2 aromatic heterocycles. The quantitative estimate of drug-likeness (QED) is 0.806. The second-order valence-electron chi connectivity index (χ2n) is 7.11. The number of pyridine rings is 2. The molecule has 2 rings (SSSR count). The van der Waals surface area contributed by atoms with Gasteiger partial charge in [0.1, 0.15) is 0 Å². The van der Waals surface area contributed by atoms with Crippen molar-refractivity contribution in [2.45, 2.75) is 46.0 Å². The molecule has 9 heteroatoms. The van der Waals surface area contributed by atoms with E-state index in [-0.39, 0.29) is 23.9 Å². The zero-order valence-electron chi connectivity index (χ0n) is 16.3. The van der Waals surface area contributed by atoms with E-state index in [0.717, 1.165) is 0 Å². The Bertz CT molecular complexity index is 768. The molecule has 154 valence electrons. The molecule has 0 radical (unpaired) electrons. The lowest BCUT2D eigenvalue weighted by molar-refractivity contribution is -0.154. The number of nitrogens with two attached hydrogens (primary N) is 1. The molecule has 0 saturated carbocycles. The minimum absolute atomic E-state index is 0. The van der Waals surface area contributed by atoms with Crippen LogP contribution in [0.1, 0.15) is 42.5 Å². The fourth-order valence-corrected chi connectivity index (χ4v) is 1.75. The first-order chi connectivity index (χ1) is 12.8. The van der Waals surface area contributed by atoms with Crippen molar-refractivity contribution >= 4 is 5.91 Å². The summed E-state index contributed by atoms with van der Waals surface area (Å²) in [6.07, 6.45) is -2.90. The molecule has 28 heavy (non-hydrogen) atoms. The number of hydrogen-bond donors (Lipinski definition) is 2. The topological polar surface area (TPSA) is 90.1 Å². The van der Waals surface area contributed by atoms with Gasteiger partial charge >= 0.3 is 6.18 Å². The number of aryl methyl sites for hydroxylation is 1. The van der Waals surface area contributed by atoms with E-state index in [1.807, 2.05) is 20.8 Å². The maximum Gasteiger partial charge on any atom is 0.422 e. The third-order valence-corrected chi connectivity index (χ3v) is 2.75. The normalized spacial score (nSPS) is 11.3. The highest BCUT2D eigenvalue weighted by molar-refractivity contribution is 5.94. The predicted octanol–water partition coefficient (Wildman–Crippen LogP) is 3.40. The van der Waals surface area contributed by atoms with Gasteiger partial charge in [-0.15, -0.1) is 0 Å². The average molecular weight is 398 g/mol. The predicted molar refractivity (Wildman–Crippen MR) is 99.9 cm³/mol. The maximum absolute atomic E-state index is 12.1. The summed E-state index contributed by atoms with van der Waals surface area (Å²) in [5.41, 5.74) is 6.90. The van der Waals surface area contributed by atoms with Gasteiger partial charge in [0.05, 0.1) is 12.2 Å². The van der Waals surface area contributed by atoms with E-state index in [2.05, 4.69) is 20.0 Å². The van der Waals surface area contributed by atoms with Crippen molar-refractivity contribution in [2.24, 2.45) is 5.73 Å². The molecular formula is C19H25F3N4O2. The van der Waals surface area contributed by atoms with Crippen LogP contribution >= 0.6 is 0 Å². The number of amides is 1. The summed E-state index contributed by atoms with van der Waals surface area (Å²) in [7, 11) is 0. The molecule has 0 aliphatic carbocycles. The number of nitrogens with one attached hydrogen (secondary N) is 1. The molecule has 2 heterocycles. The molecule has 0 aliphatic rings. The SMILES string of the molecule is CC(C)(C)N.Cc1cc(C(=O)NCc2cccc(OCC(F)(F)F)n2)ccn1. The maximum atomic E-state index is 12.1. The summed E-state index contributed by atoms with van der Waals surface area (Å²) in [6.45, 7) is 6.32. The first-order valence-electron chi connectivity index (χ1n) is 8.49. The molecule has 6 nitrogen and oxygen atoms in total. The van der Waals surface area contributed by atoms with E-state index in [1.54, 1.807) is 25.1 Å². The molecule has 2 aromatic rings. The molecule has 0 aromatic carbocycles. The molecule has 0 fully saturated rings. The zero-order chi connectivity index (χ0) is 21.4. The molecule has 0 bridgehead atoms. The molecule has 3 N–H and O–H groups in total. The van der Waals surface area contributed by atoms with Gasteiger partial charge in [-0.3, -0.25) is 9.78 Å². The lowest BCUT2D eigenvalue weighted by Gasteiger charge is -2.10. The lowest BCUT2D eigenvalue weighted by atomic mass is 10.1. The minimum Gasteiger partial charge on any atom is -0.468 e. The van der Waals surface area contributed by atoms with Crippen molar-refractivity contribution in [1.82, 2.24) is 15.3 Å². The fourth-order valence-electron chi connectivity index (χ4n) is 1.75. The highest BCUT2D eigenvalue weighted by atomic mass is 19.4. The molecule has 0 saturated heterocycles. The third-order valence-electron chi connectivity index (χ3n) is 2.75. The molecular weight excluding hydrogens is 373 g/mol. The van der Waals surface area contributed by atoms with Crippen molar-refractivity contribution < 1.29 is 22.7 Å².